The number of benzene rings is 3. The summed E-state index contributed by atoms with van der Waals surface area (Å²) in [5.41, 5.74) is 8.97. The fourth-order valence-corrected chi connectivity index (χ4v) is 5.06. The van der Waals surface area contributed by atoms with Crippen LogP contribution >= 0.6 is 0 Å². The van der Waals surface area contributed by atoms with Gasteiger partial charge in [-0.1, -0.05) is 42.5 Å². The standard InChI is InChI=1S/C23H18N2O2/c26-10-9-25-18-8-4-3-7-15(18)20-17-12-24-23(27)21(17)19-14-6-2-1-5-13(14)11-16(19)22(20)25/h1-8,26H,9-12H2,(H,24,27). The van der Waals surface area contributed by atoms with Gasteiger partial charge in [0, 0.05) is 41.4 Å². The lowest BCUT2D eigenvalue weighted by atomic mass is 9.92. The molecule has 4 nitrogen and oxygen atoms in total. The molecule has 0 fully saturated rings. The van der Waals surface area contributed by atoms with Crippen molar-refractivity contribution in [3.05, 3.63) is 70.8 Å². The van der Waals surface area contributed by atoms with Gasteiger partial charge in [-0.3, -0.25) is 4.79 Å². The second-order valence-electron chi connectivity index (χ2n) is 7.34. The van der Waals surface area contributed by atoms with Gasteiger partial charge in [-0.05, 0) is 28.3 Å². The summed E-state index contributed by atoms with van der Waals surface area (Å²) < 4.78 is 2.23. The number of hydrogen-bond acceptors (Lipinski definition) is 2. The van der Waals surface area contributed by atoms with Crippen molar-refractivity contribution in [3.63, 3.8) is 0 Å². The molecule has 0 atom stereocenters. The molecule has 132 valence electrons. The van der Waals surface area contributed by atoms with Crippen molar-refractivity contribution in [2.24, 2.45) is 0 Å². The fraction of sp³-hybridized carbons (Fsp3) is 0.174. The molecular weight excluding hydrogens is 336 g/mol. The number of carbonyl (C=O) groups excluding carboxylic acids is 1. The van der Waals surface area contributed by atoms with Crippen LogP contribution in [-0.4, -0.2) is 22.2 Å². The first kappa shape index (κ1) is 15.0. The number of aliphatic hydroxyl groups excluding tert-OH is 1. The molecule has 1 aliphatic heterocycles. The summed E-state index contributed by atoms with van der Waals surface area (Å²) in [7, 11) is 0. The van der Waals surface area contributed by atoms with E-state index in [4.69, 9.17) is 0 Å². The second-order valence-corrected chi connectivity index (χ2v) is 7.34. The summed E-state index contributed by atoms with van der Waals surface area (Å²) in [5, 5.41) is 15.1. The van der Waals surface area contributed by atoms with E-state index in [9.17, 15) is 9.90 Å². The fourth-order valence-electron chi connectivity index (χ4n) is 5.06. The van der Waals surface area contributed by atoms with E-state index in [1.165, 1.54) is 27.6 Å². The Morgan fingerprint density at radius 1 is 1.00 bits per heavy atom. The Hall–Kier alpha value is -3.11. The maximum absolute atomic E-state index is 12.8. The van der Waals surface area contributed by atoms with E-state index in [0.717, 1.165) is 34.0 Å². The van der Waals surface area contributed by atoms with Gasteiger partial charge in [0.05, 0.1) is 17.7 Å². The lowest BCUT2D eigenvalue weighted by Crippen LogP contribution is -2.13. The quantitative estimate of drug-likeness (QED) is 0.509. The van der Waals surface area contributed by atoms with Crippen LogP contribution in [0, 0.1) is 0 Å². The van der Waals surface area contributed by atoms with Gasteiger partial charge in [-0.15, -0.1) is 0 Å². The van der Waals surface area contributed by atoms with Gasteiger partial charge in [0.1, 0.15) is 0 Å². The third-order valence-corrected chi connectivity index (χ3v) is 6.04. The van der Waals surface area contributed by atoms with Crippen molar-refractivity contribution in [2.75, 3.05) is 6.61 Å². The average molecular weight is 354 g/mol. The van der Waals surface area contributed by atoms with Crippen molar-refractivity contribution in [1.82, 2.24) is 9.88 Å². The number of rotatable bonds is 2. The molecule has 0 saturated heterocycles. The van der Waals surface area contributed by atoms with Crippen molar-refractivity contribution < 1.29 is 9.90 Å². The maximum atomic E-state index is 12.8. The first-order valence-corrected chi connectivity index (χ1v) is 9.35. The van der Waals surface area contributed by atoms with Crippen LogP contribution in [0.5, 0.6) is 0 Å². The number of carbonyl (C=O) groups is 1. The lowest BCUT2D eigenvalue weighted by Gasteiger charge is -2.13. The highest BCUT2D eigenvalue weighted by Gasteiger charge is 2.35. The average Bonchev–Trinajstić information content (AvgIpc) is 3.34. The van der Waals surface area contributed by atoms with E-state index < -0.39 is 0 Å². The van der Waals surface area contributed by atoms with Crippen LogP contribution in [-0.2, 0) is 19.5 Å². The van der Waals surface area contributed by atoms with Crippen LogP contribution < -0.4 is 5.32 Å². The number of nitrogens with one attached hydrogen (secondary N) is 1. The number of aromatic nitrogens is 1. The van der Waals surface area contributed by atoms with Crippen molar-refractivity contribution in [3.8, 4) is 11.1 Å². The van der Waals surface area contributed by atoms with E-state index in [2.05, 4.69) is 40.2 Å². The zero-order valence-electron chi connectivity index (χ0n) is 14.7. The van der Waals surface area contributed by atoms with E-state index in [1.807, 2.05) is 18.2 Å². The normalized spacial score (nSPS) is 14.5. The molecule has 4 heteroatoms. The minimum absolute atomic E-state index is 0.0267. The lowest BCUT2D eigenvalue weighted by molar-refractivity contribution is 0.0966. The zero-order chi connectivity index (χ0) is 18.1. The van der Waals surface area contributed by atoms with E-state index >= 15 is 0 Å². The maximum Gasteiger partial charge on any atom is 0.252 e. The van der Waals surface area contributed by atoms with Gasteiger partial charge < -0.3 is 15.0 Å². The smallest absolute Gasteiger partial charge is 0.252 e. The molecule has 1 aromatic heterocycles. The molecule has 1 amide bonds. The highest BCUT2D eigenvalue weighted by atomic mass is 16.3. The van der Waals surface area contributed by atoms with Crippen molar-refractivity contribution >= 4 is 27.7 Å². The molecule has 3 aromatic carbocycles. The van der Waals surface area contributed by atoms with Gasteiger partial charge in [-0.25, -0.2) is 0 Å². The minimum atomic E-state index is 0.0267. The number of nitrogens with zero attached hydrogens (tertiary/aromatic N) is 1. The number of hydrogen-bond donors (Lipinski definition) is 2. The highest BCUT2D eigenvalue weighted by Crippen LogP contribution is 2.48. The van der Waals surface area contributed by atoms with Crippen molar-refractivity contribution in [2.45, 2.75) is 19.5 Å². The molecule has 2 N–H and O–H groups in total. The molecule has 0 unspecified atom stereocenters. The molecule has 0 bridgehead atoms. The topological polar surface area (TPSA) is 54.3 Å². The van der Waals surface area contributed by atoms with E-state index in [0.29, 0.717) is 13.1 Å². The summed E-state index contributed by atoms with van der Waals surface area (Å²) in [6, 6.07) is 16.7. The Bertz CT molecular complexity index is 1280. The van der Waals surface area contributed by atoms with E-state index in [1.54, 1.807) is 0 Å². The highest BCUT2D eigenvalue weighted by molar-refractivity contribution is 6.20. The van der Waals surface area contributed by atoms with Gasteiger partial charge in [0.2, 0.25) is 0 Å². The number of para-hydroxylation sites is 1. The number of fused-ring (bicyclic) bond motifs is 10. The van der Waals surface area contributed by atoms with Gasteiger partial charge in [0.15, 0.2) is 0 Å². The van der Waals surface area contributed by atoms with Crippen LogP contribution in [0.3, 0.4) is 0 Å². The molecular formula is C23H18N2O2. The molecule has 1 aliphatic carbocycles. The monoisotopic (exact) mass is 354 g/mol. The molecule has 2 heterocycles. The largest absolute Gasteiger partial charge is 0.395 e. The Labute approximate surface area is 156 Å². The second kappa shape index (κ2) is 5.21. The van der Waals surface area contributed by atoms with Crippen molar-refractivity contribution in [1.29, 1.82) is 0 Å². The minimum Gasteiger partial charge on any atom is -0.395 e. The first-order valence-electron chi connectivity index (χ1n) is 9.35. The van der Waals surface area contributed by atoms with Gasteiger partial charge in [0.25, 0.3) is 5.91 Å². The zero-order valence-corrected chi connectivity index (χ0v) is 14.7. The van der Waals surface area contributed by atoms with Crippen LogP contribution in [0.15, 0.2) is 48.5 Å². The summed E-state index contributed by atoms with van der Waals surface area (Å²) in [5.74, 6) is 0.0267. The third-order valence-electron chi connectivity index (χ3n) is 6.04. The van der Waals surface area contributed by atoms with Gasteiger partial charge in [-0.2, -0.15) is 0 Å². The van der Waals surface area contributed by atoms with Crippen LogP contribution in [0.4, 0.5) is 0 Å². The summed E-state index contributed by atoms with van der Waals surface area (Å²) in [4.78, 5) is 12.8. The van der Waals surface area contributed by atoms with Crippen LogP contribution in [0.2, 0.25) is 0 Å². The third kappa shape index (κ3) is 1.78. The van der Waals surface area contributed by atoms with Crippen LogP contribution in [0.1, 0.15) is 27.0 Å². The Balaban J connectivity index is 1.88. The predicted molar refractivity (Wildman–Crippen MR) is 106 cm³/mol. The Morgan fingerprint density at radius 2 is 1.81 bits per heavy atom. The predicted octanol–water partition coefficient (Wildman–Crippen LogP) is 3.60. The summed E-state index contributed by atoms with van der Waals surface area (Å²) in [6.07, 6.45) is 0.824. The van der Waals surface area contributed by atoms with E-state index in [-0.39, 0.29) is 12.5 Å². The first-order chi connectivity index (χ1) is 13.3. The summed E-state index contributed by atoms with van der Waals surface area (Å²) >= 11 is 0. The molecule has 0 spiro atoms. The number of aliphatic hydroxyl groups is 1. The SMILES string of the molecule is O=C1NCc2c1c1c(c3c2c2ccccc2n3CCO)Cc2ccccc2-1. The molecule has 0 radical (unpaired) electrons. The number of amides is 1. The van der Waals surface area contributed by atoms with Crippen LogP contribution in [0.25, 0.3) is 32.9 Å². The molecule has 2 aliphatic rings. The molecule has 0 saturated carbocycles. The Morgan fingerprint density at radius 3 is 2.70 bits per heavy atom. The molecule has 4 aromatic rings. The molecule has 27 heavy (non-hydrogen) atoms. The Kier molecular flexibility index (Phi) is 2.89. The molecule has 6 rings (SSSR count). The van der Waals surface area contributed by atoms with Gasteiger partial charge >= 0.3 is 0 Å². The summed E-state index contributed by atoms with van der Waals surface area (Å²) in [6.45, 7) is 1.20.